The number of ether oxygens (including phenoxy) is 1. The minimum atomic E-state index is -5.11. The molecule has 0 aliphatic rings. The quantitative estimate of drug-likeness (QED) is 0.271. The van der Waals surface area contributed by atoms with E-state index in [1.807, 2.05) is 0 Å². The van der Waals surface area contributed by atoms with Crippen LogP contribution in [0.2, 0.25) is 0 Å². The second-order valence-corrected chi connectivity index (χ2v) is 7.20. The number of aromatic hydroxyl groups is 1. The number of ketones is 1. The number of benzene rings is 2. The minimum absolute atomic E-state index is 0.00504. The van der Waals surface area contributed by atoms with Gasteiger partial charge in [0.15, 0.2) is 17.3 Å². The van der Waals surface area contributed by atoms with Gasteiger partial charge in [-0.05, 0) is 48.0 Å². The molecule has 0 fully saturated rings. The predicted molar refractivity (Wildman–Crippen MR) is 110 cm³/mol. The average molecular weight is 480 g/mol. The molecule has 0 aliphatic heterocycles. The van der Waals surface area contributed by atoms with Crippen LogP contribution in [-0.4, -0.2) is 28.1 Å². The van der Waals surface area contributed by atoms with Crippen molar-refractivity contribution in [1.29, 1.82) is 0 Å². The van der Waals surface area contributed by atoms with E-state index in [2.05, 4.69) is 15.0 Å². The highest BCUT2D eigenvalue weighted by Gasteiger charge is 2.33. The van der Waals surface area contributed by atoms with E-state index in [1.165, 1.54) is 31.3 Å². The van der Waals surface area contributed by atoms with E-state index in [-0.39, 0.29) is 28.3 Å². The van der Waals surface area contributed by atoms with E-state index in [0.717, 1.165) is 24.3 Å². The van der Waals surface area contributed by atoms with Gasteiger partial charge in [-0.1, -0.05) is 6.07 Å². The van der Waals surface area contributed by atoms with Crippen LogP contribution >= 0.6 is 0 Å². The fraction of sp³-hybridized carbons (Fsp3) is 0.174. The maximum atomic E-state index is 14.5. The van der Waals surface area contributed by atoms with Crippen molar-refractivity contribution in [2.45, 2.75) is 25.6 Å². The maximum absolute atomic E-state index is 14.5. The first kappa shape index (κ1) is 24.6. The molecule has 1 heterocycles. The highest BCUT2D eigenvalue weighted by atomic mass is 19.4. The number of phenols is 1. The molecule has 6 nitrogen and oxygen atoms in total. The van der Waals surface area contributed by atoms with Crippen LogP contribution < -0.4 is 10.1 Å². The van der Waals surface area contributed by atoms with Gasteiger partial charge in [-0.3, -0.25) is 14.6 Å². The number of hydrogen-bond acceptors (Lipinski definition) is 5. The van der Waals surface area contributed by atoms with Crippen molar-refractivity contribution < 1.29 is 41.4 Å². The highest BCUT2D eigenvalue weighted by molar-refractivity contribution is 5.98. The van der Waals surface area contributed by atoms with E-state index in [4.69, 9.17) is 0 Å². The third-order valence-electron chi connectivity index (χ3n) is 4.72. The lowest BCUT2D eigenvalue weighted by molar-refractivity contribution is -0.275. The summed E-state index contributed by atoms with van der Waals surface area (Å²) in [5.41, 5.74) is -0.167. The maximum Gasteiger partial charge on any atom is 0.573 e. The number of alkyl halides is 3. The Morgan fingerprint density at radius 3 is 2.41 bits per heavy atom. The number of carbonyl (C=O) groups is 2. The van der Waals surface area contributed by atoms with E-state index >= 15 is 0 Å². The number of hydrogen-bond donors (Lipinski definition) is 2. The molecule has 3 rings (SSSR count). The summed E-state index contributed by atoms with van der Waals surface area (Å²) in [6, 6.07) is 8.61. The van der Waals surface area contributed by atoms with Crippen LogP contribution in [0, 0.1) is 11.6 Å². The first-order chi connectivity index (χ1) is 15.9. The molecule has 0 saturated carbocycles. The van der Waals surface area contributed by atoms with Crippen molar-refractivity contribution in [1.82, 2.24) is 4.98 Å². The zero-order valence-electron chi connectivity index (χ0n) is 17.5. The number of phenolic OH excluding ortho intramolecular Hbond substituents is 1. The Hall–Kier alpha value is -4.02. The number of nitrogens with zero attached hydrogens (tertiary/aromatic N) is 1. The second-order valence-electron chi connectivity index (χ2n) is 7.20. The Balaban J connectivity index is 1.96. The molecule has 11 heteroatoms. The van der Waals surface area contributed by atoms with Crippen LogP contribution in [0.5, 0.6) is 11.5 Å². The van der Waals surface area contributed by atoms with Crippen LogP contribution in [0.1, 0.15) is 40.9 Å². The van der Waals surface area contributed by atoms with Gasteiger partial charge in [0.1, 0.15) is 11.6 Å². The summed E-state index contributed by atoms with van der Waals surface area (Å²) in [5, 5.41) is 12.4. The summed E-state index contributed by atoms with van der Waals surface area (Å²) in [6.45, 7) is 1.23. The summed E-state index contributed by atoms with van der Waals surface area (Å²) in [7, 11) is 0. The number of aromatic nitrogens is 1. The molecule has 1 atom stereocenters. The first-order valence-electron chi connectivity index (χ1n) is 9.74. The van der Waals surface area contributed by atoms with Gasteiger partial charge in [0.05, 0.1) is 11.4 Å². The van der Waals surface area contributed by atoms with Crippen molar-refractivity contribution in [3.63, 3.8) is 0 Å². The topological polar surface area (TPSA) is 88.5 Å². The zero-order chi connectivity index (χ0) is 25.0. The van der Waals surface area contributed by atoms with Crippen LogP contribution in [0.25, 0.3) is 0 Å². The smallest absolute Gasteiger partial charge is 0.506 e. The van der Waals surface area contributed by atoms with Crippen LogP contribution in [-0.2, 0) is 4.79 Å². The number of carbonyl (C=O) groups excluding carboxylic acids is 2. The number of Topliss-reactive ketones (excluding diaryl/α,β-unsaturated/α-hetero) is 1. The lowest BCUT2D eigenvalue weighted by atomic mass is 9.88. The largest absolute Gasteiger partial charge is 0.573 e. The average Bonchev–Trinajstić information content (AvgIpc) is 2.74. The predicted octanol–water partition coefficient (Wildman–Crippen LogP) is 5.33. The second kappa shape index (κ2) is 9.86. The molecule has 0 bridgehead atoms. The lowest BCUT2D eigenvalue weighted by Gasteiger charge is -2.18. The molecule has 2 aromatic carbocycles. The third-order valence-corrected chi connectivity index (χ3v) is 4.72. The number of halogens is 5. The Labute approximate surface area is 190 Å². The number of anilines is 1. The van der Waals surface area contributed by atoms with Gasteiger partial charge in [0, 0.05) is 31.0 Å². The molecule has 178 valence electrons. The standard InChI is InChI=1S/C23H17F5N2O4/c1-12(31)30-18-6-4-14(10-20(18)33)19(32)11-15(22-16(24)3-2-8-29-22)13-5-7-21(17(25)9-13)34-23(26,27)28/h2-10,15,33H,11H2,1H3,(H,30,31)/t15-/m0/s1. The zero-order valence-corrected chi connectivity index (χ0v) is 17.5. The SMILES string of the molecule is CC(=O)Nc1ccc(C(=O)C[C@@H](c2ccc(OC(F)(F)F)c(F)c2)c2ncccc2F)cc1O. The highest BCUT2D eigenvalue weighted by Crippen LogP contribution is 2.34. The van der Waals surface area contributed by atoms with Gasteiger partial charge in [-0.15, -0.1) is 13.2 Å². The molecule has 0 spiro atoms. The van der Waals surface area contributed by atoms with Crippen molar-refractivity contribution in [3.05, 3.63) is 83.2 Å². The van der Waals surface area contributed by atoms with Gasteiger partial charge < -0.3 is 15.2 Å². The monoisotopic (exact) mass is 480 g/mol. The molecule has 0 radical (unpaired) electrons. The van der Waals surface area contributed by atoms with E-state index in [9.17, 15) is 36.6 Å². The van der Waals surface area contributed by atoms with Crippen LogP contribution in [0.15, 0.2) is 54.7 Å². The molecule has 0 saturated heterocycles. The Bertz CT molecular complexity index is 1230. The normalized spacial score (nSPS) is 12.2. The van der Waals surface area contributed by atoms with Gasteiger partial charge >= 0.3 is 6.36 Å². The number of pyridine rings is 1. The number of nitrogens with one attached hydrogen (secondary N) is 1. The third kappa shape index (κ3) is 6.06. The van der Waals surface area contributed by atoms with E-state index in [1.54, 1.807) is 0 Å². The Kier molecular flexibility index (Phi) is 7.14. The summed E-state index contributed by atoms with van der Waals surface area (Å²) in [4.78, 5) is 28.0. The molecule has 1 aromatic heterocycles. The first-order valence-corrected chi connectivity index (χ1v) is 9.74. The van der Waals surface area contributed by atoms with Gasteiger partial charge in [0.2, 0.25) is 5.91 Å². The lowest BCUT2D eigenvalue weighted by Crippen LogP contribution is -2.18. The number of rotatable bonds is 7. The van der Waals surface area contributed by atoms with Crippen molar-refractivity contribution in [3.8, 4) is 11.5 Å². The van der Waals surface area contributed by atoms with Crippen LogP contribution in [0.4, 0.5) is 27.6 Å². The summed E-state index contributed by atoms with van der Waals surface area (Å²) in [6.07, 6.45) is -4.32. The van der Waals surface area contributed by atoms with E-state index in [0.29, 0.717) is 6.07 Å². The summed E-state index contributed by atoms with van der Waals surface area (Å²) in [5.74, 6) is -5.85. The van der Waals surface area contributed by atoms with Gasteiger partial charge in [-0.25, -0.2) is 8.78 Å². The molecule has 34 heavy (non-hydrogen) atoms. The minimum Gasteiger partial charge on any atom is -0.506 e. The summed E-state index contributed by atoms with van der Waals surface area (Å²) < 4.78 is 69.8. The Morgan fingerprint density at radius 2 is 1.82 bits per heavy atom. The molecule has 0 unspecified atom stereocenters. The molecule has 0 aliphatic carbocycles. The van der Waals surface area contributed by atoms with Crippen molar-refractivity contribution >= 4 is 17.4 Å². The fourth-order valence-electron chi connectivity index (χ4n) is 3.27. The van der Waals surface area contributed by atoms with Gasteiger partial charge in [0.25, 0.3) is 0 Å². The van der Waals surface area contributed by atoms with Gasteiger partial charge in [-0.2, -0.15) is 0 Å². The molecule has 2 N–H and O–H groups in total. The van der Waals surface area contributed by atoms with Crippen molar-refractivity contribution in [2.75, 3.05) is 5.32 Å². The van der Waals surface area contributed by atoms with Crippen molar-refractivity contribution in [2.24, 2.45) is 0 Å². The fourth-order valence-corrected chi connectivity index (χ4v) is 3.27. The van der Waals surface area contributed by atoms with E-state index < -0.39 is 47.8 Å². The number of amides is 1. The molecular formula is C23H17F5N2O4. The molecule has 1 amide bonds. The summed E-state index contributed by atoms with van der Waals surface area (Å²) >= 11 is 0. The van der Waals surface area contributed by atoms with Crippen LogP contribution in [0.3, 0.4) is 0 Å². The molecule has 3 aromatic rings. The molecular weight excluding hydrogens is 463 g/mol. The Morgan fingerprint density at radius 1 is 1.09 bits per heavy atom.